The number of benzene rings is 1. The Morgan fingerprint density at radius 3 is 2.72 bits per heavy atom. The zero-order valence-electron chi connectivity index (χ0n) is 15.4. The summed E-state index contributed by atoms with van der Waals surface area (Å²) in [4.78, 5) is 11.2. The van der Waals surface area contributed by atoms with Gasteiger partial charge in [0.25, 0.3) is 0 Å². The third-order valence-corrected chi connectivity index (χ3v) is 4.48. The third kappa shape index (κ3) is 3.78. The molecule has 1 saturated heterocycles. The number of hydrogen-bond acceptors (Lipinski definition) is 6. The predicted octanol–water partition coefficient (Wildman–Crippen LogP) is 3.71. The fourth-order valence-corrected chi connectivity index (χ4v) is 3.21. The van der Waals surface area contributed by atoms with Crippen molar-refractivity contribution in [2.24, 2.45) is 5.92 Å². The van der Waals surface area contributed by atoms with Crippen LogP contribution in [-0.2, 0) is 0 Å². The molecule has 0 saturated carbocycles. The molecule has 25 heavy (non-hydrogen) atoms. The molecule has 6 heteroatoms. The maximum atomic E-state index is 6.37. The molecule has 2 aromatic rings. The highest BCUT2D eigenvalue weighted by Crippen LogP contribution is 2.37. The lowest BCUT2D eigenvalue weighted by Gasteiger charge is -2.32. The number of nitrogens with zero attached hydrogens (tertiary/aromatic N) is 3. The number of piperidine rings is 1. The molecule has 0 spiro atoms. The Morgan fingerprint density at radius 1 is 1.20 bits per heavy atom. The molecule has 6 nitrogen and oxygen atoms in total. The van der Waals surface area contributed by atoms with Crippen molar-refractivity contribution in [3.05, 3.63) is 29.6 Å². The summed E-state index contributed by atoms with van der Waals surface area (Å²) in [6, 6.07) is 5.76. The van der Waals surface area contributed by atoms with E-state index in [1.807, 2.05) is 32.0 Å². The second kappa shape index (κ2) is 7.17. The molecular weight excluding hydrogens is 316 g/mol. The highest BCUT2D eigenvalue weighted by atomic mass is 16.5. The van der Waals surface area contributed by atoms with E-state index >= 15 is 0 Å². The quantitative estimate of drug-likeness (QED) is 0.913. The molecular formula is C19H26N4O2. The lowest BCUT2D eigenvalue weighted by molar-refractivity contribution is 0.373. The maximum Gasteiger partial charge on any atom is 0.248 e. The summed E-state index contributed by atoms with van der Waals surface area (Å²) in [6.45, 7) is 8.03. The van der Waals surface area contributed by atoms with E-state index in [1.165, 1.54) is 6.42 Å². The normalized spacial score (nSPS) is 17.4. The van der Waals surface area contributed by atoms with Gasteiger partial charge in [0.05, 0.1) is 7.11 Å². The number of methoxy groups -OCH3 is 1. The van der Waals surface area contributed by atoms with Crippen LogP contribution in [0.2, 0.25) is 0 Å². The van der Waals surface area contributed by atoms with E-state index < -0.39 is 0 Å². The lowest BCUT2D eigenvalue weighted by atomic mass is 10.0. The van der Waals surface area contributed by atoms with Gasteiger partial charge < -0.3 is 20.1 Å². The largest absolute Gasteiger partial charge is 0.493 e. The van der Waals surface area contributed by atoms with Crippen LogP contribution in [0, 0.1) is 19.8 Å². The molecule has 1 unspecified atom stereocenters. The van der Waals surface area contributed by atoms with Gasteiger partial charge in [-0.2, -0.15) is 4.98 Å². The molecule has 3 rings (SSSR count). The van der Waals surface area contributed by atoms with Gasteiger partial charge in [0, 0.05) is 13.1 Å². The van der Waals surface area contributed by atoms with Crippen LogP contribution in [0.3, 0.4) is 0 Å². The molecule has 134 valence electrons. The molecule has 1 aliphatic rings. The van der Waals surface area contributed by atoms with Crippen molar-refractivity contribution in [2.75, 3.05) is 30.8 Å². The highest BCUT2D eigenvalue weighted by Gasteiger charge is 2.23. The van der Waals surface area contributed by atoms with E-state index in [9.17, 15) is 0 Å². The number of aryl methyl sites for hydroxylation is 2. The van der Waals surface area contributed by atoms with Gasteiger partial charge in [0.2, 0.25) is 5.88 Å². The smallest absolute Gasteiger partial charge is 0.248 e. The number of hydrogen-bond donors (Lipinski definition) is 1. The number of rotatable bonds is 4. The molecule has 1 fully saturated rings. The van der Waals surface area contributed by atoms with E-state index in [2.05, 4.69) is 21.8 Å². The Morgan fingerprint density at radius 2 is 2.00 bits per heavy atom. The molecule has 0 aliphatic carbocycles. The van der Waals surface area contributed by atoms with E-state index in [1.54, 1.807) is 7.11 Å². The Kier molecular flexibility index (Phi) is 4.97. The van der Waals surface area contributed by atoms with Gasteiger partial charge in [0.1, 0.15) is 11.5 Å². The summed E-state index contributed by atoms with van der Waals surface area (Å²) in [5.74, 6) is 3.66. The Labute approximate surface area is 149 Å². The van der Waals surface area contributed by atoms with Gasteiger partial charge in [-0.25, -0.2) is 4.98 Å². The van der Waals surface area contributed by atoms with E-state index in [4.69, 9.17) is 15.2 Å². The van der Waals surface area contributed by atoms with Crippen LogP contribution in [0.1, 0.15) is 31.2 Å². The summed E-state index contributed by atoms with van der Waals surface area (Å²) < 4.78 is 11.4. The lowest BCUT2D eigenvalue weighted by Crippen LogP contribution is -2.35. The molecule has 2 N–H and O–H groups in total. The standard InChI is InChI=1S/C19H26N4O2/c1-12-7-8-15(16(10-12)24-4)25-19-17(20)18(21-14(3)22-19)23-9-5-6-13(2)11-23/h7-8,10,13H,5-6,9,11,20H2,1-4H3. The van der Waals surface area contributed by atoms with Crippen molar-refractivity contribution in [1.82, 2.24) is 9.97 Å². The van der Waals surface area contributed by atoms with Crippen LogP contribution >= 0.6 is 0 Å². The van der Waals surface area contributed by atoms with E-state index in [0.29, 0.717) is 34.8 Å². The summed E-state index contributed by atoms with van der Waals surface area (Å²) >= 11 is 0. The molecule has 1 atom stereocenters. The summed E-state index contributed by atoms with van der Waals surface area (Å²) in [5.41, 5.74) is 7.94. The van der Waals surface area contributed by atoms with E-state index in [0.717, 1.165) is 30.9 Å². The first kappa shape index (κ1) is 17.3. The second-order valence-electron chi connectivity index (χ2n) is 6.76. The van der Waals surface area contributed by atoms with Gasteiger partial charge in [-0.15, -0.1) is 0 Å². The van der Waals surface area contributed by atoms with Gasteiger partial charge in [0.15, 0.2) is 17.3 Å². The zero-order valence-corrected chi connectivity index (χ0v) is 15.4. The van der Waals surface area contributed by atoms with Crippen molar-refractivity contribution < 1.29 is 9.47 Å². The number of nitrogen functional groups attached to an aromatic ring is 1. The first-order valence-corrected chi connectivity index (χ1v) is 8.69. The summed E-state index contributed by atoms with van der Waals surface area (Å²) in [7, 11) is 1.62. The van der Waals surface area contributed by atoms with Crippen LogP contribution in [0.4, 0.5) is 11.5 Å². The van der Waals surface area contributed by atoms with E-state index in [-0.39, 0.29) is 0 Å². The fraction of sp³-hybridized carbons (Fsp3) is 0.474. The molecule has 1 aromatic heterocycles. The molecule has 0 amide bonds. The van der Waals surface area contributed by atoms with Gasteiger partial charge >= 0.3 is 0 Å². The van der Waals surface area contributed by atoms with Crippen LogP contribution in [0.5, 0.6) is 17.4 Å². The fourth-order valence-electron chi connectivity index (χ4n) is 3.21. The SMILES string of the molecule is COc1cc(C)ccc1Oc1nc(C)nc(N2CCCC(C)C2)c1N. The maximum absolute atomic E-state index is 6.37. The number of ether oxygens (including phenoxy) is 2. The summed E-state index contributed by atoms with van der Waals surface area (Å²) in [6.07, 6.45) is 2.38. The molecule has 1 aliphatic heterocycles. The second-order valence-corrected chi connectivity index (χ2v) is 6.76. The zero-order chi connectivity index (χ0) is 18.0. The number of aromatic nitrogens is 2. The molecule has 0 radical (unpaired) electrons. The highest BCUT2D eigenvalue weighted by molar-refractivity contribution is 5.69. The minimum absolute atomic E-state index is 0.378. The molecule has 1 aromatic carbocycles. The van der Waals surface area contributed by atoms with Crippen LogP contribution < -0.4 is 20.1 Å². The van der Waals surface area contributed by atoms with Crippen molar-refractivity contribution >= 4 is 11.5 Å². The number of nitrogens with two attached hydrogens (primary N) is 1. The van der Waals surface area contributed by atoms with Crippen LogP contribution in [0.25, 0.3) is 0 Å². The van der Waals surface area contributed by atoms with Crippen LogP contribution in [0.15, 0.2) is 18.2 Å². The average molecular weight is 342 g/mol. The molecule has 2 heterocycles. The van der Waals surface area contributed by atoms with Crippen molar-refractivity contribution in [3.8, 4) is 17.4 Å². The predicted molar refractivity (Wildman–Crippen MR) is 99.6 cm³/mol. The van der Waals surface area contributed by atoms with Crippen LogP contribution in [-0.4, -0.2) is 30.2 Å². The average Bonchev–Trinajstić information content (AvgIpc) is 2.59. The third-order valence-electron chi connectivity index (χ3n) is 4.48. The van der Waals surface area contributed by atoms with Gasteiger partial charge in [-0.3, -0.25) is 0 Å². The number of anilines is 2. The van der Waals surface area contributed by atoms with Crippen molar-refractivity contribution in [1.29, 1.82) is 0 Å². The summed E-state index contributed by atoms with van der Waals surface area (Å²) in [5, 5.41) is 0. The first-order chi connectivity index (χ1) is 12.0. The first-order valence-electron chi connectivity index (χ1n) is 8.69. The Bertz CT molecular complexity index is 763. The minimum Gasteiger partial charge on any atom is -0.493 e. The topological polar surface area (TPSA) is 73.5 Å². The van der Waals surface area contributed by atoms with Gasteiger partial charge in [-0.05, 0) is 50.3 Å². The van der Waals surface area contributed by atoms with Crippen molar-refractivity contribution in [3.63, 3.8) is 0 Å². The van der Waals surface area contributed by atoms with Gasteiger partial charge in [-0.1, -0.05) is 13.0 Å². The monoisotopic (exact) mass is 342 g/mol. The Balaban J connectivity index is 1.94. The van der Waals surface area contributed by atoms with Crippen molar-refractivity contribution in [2.45, 2.75) is 33.6 Å². The Hall–Kier alpha value is -2.50. The molecule has 0 bridgehead atoms. The minimum atomic E-state index is 0.378.